The number of carbonyl (C=O) groups is 2. The second kappa shape index (κ2) is 9.78. The highest BCUT2D eigenvalue weighted by Crippen LogP contribution is 2.43. The number of nitrogens with zero attached hydrogens (tertiary/aromatic N) is 5. The first-order valence-electron chi connectivity index (χ1n) is 11.3. The number of nitrogens with one attached hydrogen (secondary N) is 1. The smallest absolute Gasteiger partial charge is 0.365 e. The van der Waals surface area contributed by atoms with E-state index in [4.69, 9.17) is 5.73 Å². The topological polar surface area (TPSA) is 121 Å². The summed E-state index contributed by atoms with van der Waals surface area (Å²) in [5.74, 6) is -1.76. The van der Waals surface area contributed by atoms with Gasteiger partial charge >= 0.3 is 6.18 Å². The fraction of sp³-hybridized carbons (Fsp3) is 0.348. The number of aryl methyl sites for hydroxylation is 3. The van der Waals surface area contributed by atoms with Gasteiger partial charge in [0.2, 0.25) is 5.91 Å². The summed E-state index contributed by atoms with van der Waals surface area (Å²) < 4.78 is 69.3. The van der Waals surface area contributed by atoms with E-state index >= 15 is 0 Å². The molecule has 0 bridgehead atoms. The maximum atomic E-state index is 13.7. The minimum atomic E-state index is -4.71. The van der Waals surface area contributed by atoms with Crippen molar-refractivity contribution in [2.24, 2.45) is 5.73 Å². The molecule has 0 saturated carbocycles. The highest BCUT2D eigenvalue weighted by Gasteiger charge is 2.36. The number of fused-ring (bicyclic) bond motifs is 1. The van der Waals surface area contributed by atoms with E-state index in [1.807, 2.05) is 6.92 Å². The third-order valence-corrected chi connectivity index (χ3v) is 7.00. The normalized spacial score (nSPS) is 12.9. The van der Waals surface area contributed by atoms with Crippen LogP contribution >= 0.6 is 11.3 Å². The molecule has 9 nitrogen and oxygen atoms in total. The van der Waals surface area contributed by atoms with E-state index in [0.29, 0.717) is 17.8 Å². The molecule has 4 heterocycles. The van der Waals surface area contributed by atoms with Crippen molar-refractivity contribution >= 4 is 39.1 Å². The van der Waals surface area contributed by atoms with Gasteiger partial charge in [-0.3, -0.25) is 19.0 Å². The summed E-state index contributed by atoms with van der Waals surface area (Å²) in [5, 5.41) is 10.6. The molecular weight excluding hydrogens is 533 g/mol. The van der Waals surface area contributed by atoms with Crippen molar-refractivity contribution in [3.05, 3.63) is 46.0 Å². The first-order valence-corrected chi connectivity index (χ1v) is 12.1. The molecule has 4 rings (SSSR count). The number of amides is 2. The van der Waals surface area contributed by atoms with Gasteiger partial charge in [-0.25, -0.2) is 13.8 Å². The zero-order chi connectivity index (χ0) is 28.1. The fourth-order valence-electron chi connectivity index (χ4n) is 4.04. The highest BCUT2D eigenvalue weighted by molar-refractivity contribution is 7.21. The molecule has 4 aromatic rings. The average molecular weight is 556 g/mol. The summed E-state index contributed by atoms with van der Waals surface area (Å²) in [6.07, 6.45) is -6.00. The number of rotatable bonds is 7. The van der Waals surface area contributed by atoms with Crippen LogP contribution in [0.5, 0.6) is 0 Å². The molecule has 0 radical (unpaired) electrons. The number of halogens is 5. The van der Waals surface area contributed by atoms with E-state index in [1.54, 1.807) is 17.8 Å². The van der Waals surface area contributed by atoms with Gasteiger partial charge in [0.1, 0.15) is 21.4 Å². The van der Waals surface area contributed by atoms with E-state index in [2.05, 4.69) is 20.5 Å². The highest BCUT2D eigenvalue weighted by atomic mass is 32.1. The SMILES string of the molecule is CCn1cc(-c2cc(C(F)F)nc3sc(C(N)=O)c(NC(=O)C(C)n4nc(C(F)(F)F)cc4C)c23)c(C)n1. The molecule has 0 aliphatic rings. The summed E-state index contributed by atoms with van der Waals surface area (Å²) in [6.45, 7) is 6.71. The van der Waals surface area contributed by atoms with Crippen LogP contribution in [0.25, 0.3) is 21.3 Å². The third-order valence-electron chi connectivity index (χ3n) is 5.90. The second-order valence-corrected chi connectivity index (χ2v) is 9.51. The van der Waals surface area contributed by atoms with Crippen molar-refractivity contribution in [2.75, 3.05) is 5.32 Å². The van der Waals surface area contributed by atoms with Gasteiger partial charge in [0, 0.05) is 29.4 Å². The van der Waals surface area contributed by atoms with E-state index in [-0.39, 0.29) is 32.0 Å². The van der Waals surface area contributed by atoms with Gasteiger partial charge in [0.15, 0.2) is 5.69 Å². The Balaban J connectivity index is 1.88. The monoisotopic (exact) mass is 555 g/mol. The van der Waals surface area contributed by atoms with Crippen molar-refractivity contribution in [1.29, 1.82) is 0 Å². The number of carbonyl (C=O) groups excluding carboxylic acids is 2. The molecule has 15 heteroatoms. The number of aromatic nitrogens is 5. The lowest BCUT2D eigenvalue weighted by Crippen LogP contribution is -2.26. The Kier molecular flexibility index (Phi) is 6.99. The molecule has 0 saturated heterocycles. The molecular formula is C23H22F5N7O2S. The Morgan fingerprint density at radius 3 is 2.37 bits per heavy atom. The summed E-state index contributed by atoms with van der Waals surface area (Å²) in [5.41, 5.74) is 5.04. The van der Waals surface area contributed by atoms with Crippen molar-refractivity contribution < 1.29 is 31.5 Å². The van der Waals surface area contributed by atoms with Gasteiger partial charge in [-0.05, 0) is 45.4 Å². The lowest BCUT2D eigenvalue weighted by molar-refractivity contribution is -0.141. The number of alkyl halides is 5. The molecule has 4 aromatic heterocycles. The molecule has 1 unspecified atom stereocenters. The van der Waals surface area contributed by atoms with E-state index in [9.17, 15) is 31.5 Å². The predicted octanol–water partition coefficient (Wildman–Crippen LogP) is 5.25. The number of anilines is 1. The van der Waals surface area contributed by atoms with E-state index < -0.39 is 41.8 Å². The van der Waals surface area contributed by atoms with Gasteiger partial charge in [-0.15, -0.1) is 11.3 Å². The molecule has 0 aliphatic heterocycles. The van der Waals surface area contributed by atoms with Crippen LogP contribution in [-0.2, 0) is 17.5 Å². The van der Waals surface area contributed by atoms with Crippen molar-refractivity contribution in [2.45, 2.75) is 52.9 Å². The molecule has 3 N–H and O–H groups in total. The molecule has 0 aromatic carbocycles. The van der Waals surface area contributed by atoms with Crippen LogP contribution in [0, 0.1) is 13.8 Å². The maximum Gasteiger partial charge on any atom is 0.435 e. The Bertz CT molecular complexity index is 1550. The summed E-state index contributed by atoms with van der Waals surface area (Å²) in [6, 6.07) is 0.727. The predicted molar refractivity (Wildman–Crippen MR) is 130 cm³/mol. The van der Waals surface area contributed by atoms with Gasteiger partial charge in [-0.2, -0.15) is 23.4 Å². The number of nitrogens with two attached hydrogens (primary N) is 1. The zero-order valence-corrected chi connectivity index (χ0v) is 21.3. The molecule has 0 spiro atoms. The quantitative estimate of drug-likeness (QED) is 0.302. The lowest BCUT2D eigenvalue weighted by Gasteiger charge is -2.16. The van der Waals surface area contributed by atoms with Crippen molar-refractivity contribution in [3.63, 3.8) is 0 Å². The molecule has 38 heavy (non-hydrogen) atoms. The van der Waals surface area contributed by atoms with Crippen LogP contribution in [0.3, 0.4) is 0 Å². The summed E-state index contributed by atoms with van der Waals surface area (Å²) in [4.78, 5) is 29.4. The molecule has 202 valence electrons. The maximum absolute atomic E-state index is 13.7. The molecule has 2 amide bonds. The van der Waals surface area contributed by atoms with E-state index in [1.165, 1.54) is 13.8 Å². The van der Waals surface area contributed by atoms with Crippen LogP contribution in [0.4, 0.5) is 27.6 Å². The third kappa shape index (κ3) is 4.85. The number of pyridine rings is 1. The minimum Gasteiger partial charge on any atom is -0.365 e. The largest absolute Gasteiger partial charge is 0.435 e. The second-order valence-electron chi connectivity index (χ2n) is 8.51. The fourth-order valence-corrected chi connectivity index (χ4v) is 5.05. The minimum absolute atomic E-state index is 0.0211. The first-order chi connectivity index (χ1) is 17.7. The van der Waals surface area contributed by atoms with Crippen LogP contribution in [0.2, 0.25) is 0 Å². The number of thiophene rings is 1. The number of hydrogen-bond donors (Lipinski definition) is 2. The standard InChI is InChI=1S/C23H22F5N7O2S/c1-5-34-8-13(10(3)32-34)12-7-14(19(24)25)30-22-16(12)17(18(38-22)20(29)36)31-21(37)11(4)35-9(2)6-15(33-35)23(26,27)28/h6-8,11,19H,5H2,1-4H3,(H2,29,36)(H,31,37). The molecule has 1 atom stereocenters. The number of hydrogen-bond acceptors (Lipinski definition) is 6. The van der Waals surface area contributed by atoms with Gasteiger partial charge in [0.25, 0.3) is 12.3 Å². The first kappa shape index (κ1) is 27.2. The zero-order valence-electron chi connectivity index (χ0n) is 20.5. The Morgan fingerprint density at radius 2 is 1.84 bits per heavy atom. The molecule has 0 fully saturated rings. The van der Waals surface area contributed by atoms with Gasteiger partial charge < -0.3 is 11.1 Å². The van der Waals surface area contributed by atoms with Gasteiger partial charge in [0.05, 0.1) is 11.4 Å². The summed E-state index contributed by atoms with van der Waals surface area (Å²) >= 11 is 0.719. The van der Waals surface area contributed by atoms with Crippen LogP contribution in [-0.4, -0.2) is 36.4 Å². The Hall–Kier alpha value is -3.88. The van der Waals surface area contributed by atoms with Crippen molar-refractivity contribution in [3.8, 4) is 11.1 Å². The number of primary amides is 1. The summed E-state index contributed by atoms with van der Waals surface area (Å²) in [7, 11) is 0. The van der Waals surface area contributed by atoms with Crippen LogP contribution in [0.15, 0.2) is 18.3 Å². The molecule has 0 aliphatic carbocycles. The lowest BCUT2D eigenvalue weighted by atomic mass is 10.0. The van der Waals surface area contributed by atoms with Gasteiger partial charge in [-0.1, -0.05) is 0 Å². The average Bonchev–Trinajstić information content (AvgIpc) is 3.52. The van der Waals surface area contributed by atoms with E-state index in [0.717, 1.165) is 28.2 Å². The van der Waals surface area contributed by atoms with Crippen LogP contribution in [0.1, 0.15) is 58.8 Å². The van der Waals surface area contributed by atoms with Crippen molar-refractivity contribution in [1.82, 2.24) is 24.5 Å². The Labute approximate surface area is 216 Å². The Morgan fingerprint density at radius 1 is 1.16 bits per heavy atom. The van der Waals surface area contributed by atoms with Crippen LogP contribution < -0.4 is 11.1 Å².